The smallest absolute Gasteiger partial charge is 0.0743 e. The van der Waals surface area contributed by atoms with Crippen molar-refractivity contribution in [3.8, 4) is 12.3 Å². The Hall–Kier alpha value is -0.480. The lowest BCUT2D eigenvalue weighted by molar-refractivity contribution is 0.364. The lowest BCUT2D eigenvalue weighted by Gasteiger charge is -2.27. The van der Waals surface area contributed by atoms with Gasteiger partial charge < -0.3 is 0 Å². The van der Waals surface area contributed by atoms with Gasteiger partial charge in [0.1, 0.15) is 0 Å². The van der Waals surface area contributed by atoms with Crippen molar-refractivity contribution in [1.29, 1.82) is 0 Å². The number of hydrogen-bond donors (Lipinski definition) is 1. The summed E-state index contributed by atoms with van der Waals surface area (Å²) in [5.41, 5.74) is -0.144. The molecule has 1 heteroatoms. The summed E-state index contributed by atoms with van der Waals surface area (Å²) in [6.07, 6.45) is 15.0. The summed E-state index contributed by atoms with van der Waals surface area (Å²) in [6, 6.07) is 0.632. The molecule has 0 bridgehead atoms. The van der Waals surface area contributed by atoms with Crippen LogP contribution in [-0.2, 0) is 0 Å². The third-order valence-corrected chi connectivity index (χ3v) is 3.71. The molecule has 1 aliphatic rings. The van der Waals surface area contributed by atoms with Gasteiger partial charge >= 0.3 is 0 Å². The van der Waals surface area contributed by atoms with E-state index in [9.17, 15) is 0 Å². The highest BCUT2D eigenvalue weighted by atomic mass is 15.0. The van der Waals surface area contributed by atoms with E-state index < -0.39 is 0 Å². The molecule has 0 heterocycles. The van der Waals surface area contributed by atoms with Crippen molar-refractivity contribution in [2.24, 2.45) is 5.92 Å². The van der Waals surface area contributed by atoms with Crippen molar-refractivity contribution >= 4 is 0 Å². The van der Waals surface area contributed by atoms with E-state index in [1.165, 1.54) is 44.9 Å². The van der Waals surface area contributed by atoms with Crippen molar-refractivity contribution in [2.45, 2.75) is 77.3 Å². The second-order valence-electron chi connectivity index (χ2n) is 5.77. The highest BCUT2D eigenvalue weighted by Gasteiger charge is 2.23. The van der Waals surface area contributed by atoms with E-state index in [2.05, 4.69) is 32.0 Å². The average Bonchev–Trinajstić information content (AvgIpc) is 2.44. The molecule has 0 aliphatic heterocycles. The minimum Gasteiger partial charge on any atom is -0.299 e. The fourth-order valence-electron chi connectivity index (χ4n) is 2.77. The average molecular weight is 221 g/mol. The molecule has 1 N–H and O–H groups in total. The van der Waals surface area contributed by atoms with Gasteiger partial charge in [0, 0.05) is 6.04 Å². The molecule has 1 nitrogen and oxygen atoms in total. The first-order chi connectivity index (χ1) is 7.57. The van der Waals surface area contributed by atoms with E-state index in [-0.39, 0.29) is 5.54 Å². The van der Waals surface area contributed by atoms with Gasteiger partial charge in [0.2, 0.25) is 0 Å². The van der Waals surface area contributed by atoms with Crippen LogP contribution in [0.5, 0.6) is 0 Å². The Morgan fingerprint density at radius 2 is 2.00 bits per heavy atom. The van der Waals surface area contributed by atoms with E-state index in [1.54, 1.807) is 0 Å². The van der Waals surface area contributed by atoms with Gasteiger partial charge in [-0.15, -0.1) is 6.42 Å². The first-order valence-corrected chi connectivity index (χ1v) is 6.83. The van der Waals surface area contributed by atoms with Crippen LogP contribution in [0, 0.1) is 18.3 Å². The van der Waals surface area contributed by atoms with Gasteiger partial charge in [-0.2, -0.15) is 0 Å². The van der Waals surface area contributed by atoms with E-state index in [0.29, 0.717) is 6.04 Å². The van der Waals surface area contributed by atoms with Crippen molar-refractivity contribution in [3.05, 3.63) is 0 Å². The summed E-state index contributed by atoms with van der Waals surface area (Å²) in [5, 5.41) is 3.61. The Morgan fingerprint density at radius 3 is 2.62 bits per heavy atom. The molecular weight excluding hydrogens is 194 g/mol. The quantitative estimate of drug-likeness (QED) is 0.563. The molecule has 1 saturated carbocycles. The number of rotatable bonds is 4. The maximum Gasteiger partial charge on any atom is 0.0743 e. The molecule has 16 heavy (non-hydrogen) atoms. The summed E-state index contributed by atoms with van der Waals surface area (Å²) in [7, 11) is 0. The Morgan fingerprint density at radius 1 is 1.25 bits per heavy atom. The normalized spacial score (nSPS) is 27.1. The molecule has 0 aromatic rings. The Kier molecular flexibility index (Phi) is 5.35. The first-order valence-electron chi connectivity index (χ1n) is 6.83. The Bertz CT molecular complexity index is 236. The molecule has 1 aliphatic carbocycles. The maximum absolute atomic E-state index is 5.53. The molecule has 0 aromatic carbocycles. The molecule has 0 aromatic heterocycles. The van der Waals surface area contributed by atoms with Crippen LogP contribution in [0.2, 0.25) is 0 Å². The molecular formula is C15H27N. The van der Waals surface area contributed by atoms with Gasteiger partial charge in [0.05, 0.1) is 5.54 Å². The standard InChI is InChI=1S/C15H27N/c1-5-8-13-9-7-10-14(12-11-13)16-15(3,4)6-2/h2,13-14,16H,5,7-12H2,1,3-4H3. The minimum atomic E-state index is -0.144. The molecule has 0 amide bonds. The van der Waals surface area contributed by atoms with Gasteiger partial charge in [-0.05, 0) is 39.0 Å². The van der Waals surface area contributed by atoms with E-state index in [4.69, 9.17) is 6.42 Å². The van der Waals surface area contributed by atoms with Crippen LogP contribution in [-0.4, -0.2) is 11.6 Å². The SMILES string of the molecule is C#CC(C)(C)NC1CCCC(CCC)CC1. The Labute approximate surface area is 101 Å². The topological polar surface area (TPSA) is 12.0 Å². The molecule has 1 rings (SSSR count). The van der Waals surface area contributed by atoms with Gasteiger partial charge in [-0.1, -0.05) is 38.5 Å². The minimum absolute atomic E-state index is 0.144. The summed E-state index contributed by atoms with van der Waals surface area (Å²) >= 11 is 0. The molecule has 0 radical (unpaired) electrons. The predicted octanol–water partition coefficient (Wildman–Crippen LogP) is 3.74. The van der Waals surface area contributed by atoms with Crippen LogP contribution >= 0.6 is 0 Å². The zero-order chi connectivity index (χ0) is 12.0. The largest absolute Gasteiger partial charge is 0.299 e. The van der Waals surface area contributed by atoms with Crippen LogP contribution in [0.3, 0.4) is 0 Å². The summed E-state index contributed by atoms with van der Waals surface area (Å²) in [6.45, 7) is 6.49. The van der Waals surface area contributed by atoms with Crippen LogP contribution in [0.4, 0.5) is 0 Å². The molecule has 0 spiro atoms. The van der Waals surface area contributed by atoms with Crippen LogP contribution in [0.25, 0.3) is 0 Å². The second-order valence-corrected chi connectivity index (χ2v) is 5.77. The number of terminal acetylenes is 1. The highest BCUT2D eigenvalue weighted by Crippen LogP contribution is 2.27. The van der Waals surface area contributed by atoms with E-state index in [1.807, 2.05) is 0 Å². The Balaban J connectivity index is 2.39. The monoisotopic (exact) mass is 221 g/mol. The van der Waals surface area contributed by atoms with Gasteiger partial charge in [-0.25, -0.2) is 0 Å². The molecule has 92 valence electrons. The van der Waals surface area contributed by atoms with Crippen molar-refractivity contribution < 1.29 is 0 Å². The van der Waals surface area contributed by atoms with E-state index in [0.717, 1.165) is 5.92 Å². The zero-order valence-electron chi connectivity index (χ0n) is 11.2. The lowest BCUT2D eigenvalue weighted by atomic mass is 9.95. The van der Waals surface area contributed by atoms with Gasteiger partial charge in [-0.3, -0.25) is 5.32 Å². The fourth-order valence-corrected chi connectivity index (χ4v) is 2.77. The van der Waals surface area contributed by atoms with Crippen molar-refractivity contribution in [3.63, 3.8) is 0 Å². The molecule has 0 saturated heterocycles. The van der Waals surface area contributed by atoms with Gasteiger partial charge in [0.25, 0.3) is 0 Å². The lowest BCUT2D eigenvalue weighted by Crippen LogP contribution is -2.44. The fraction of sp³-hybridized carbons (Fsp3) is 0.867. The van der Waals surface area contributed by atoms with Gasteiger partial charge in [0.15, 0.2) is 0 Å². The predicted molar refractivity (Wildman–Crippen MR) is 71.3 cm³/mol. The molecule has 2 atom stereocenters. The van der Waals surface area contributed by atoms with Crippen LogP contribution in [0.15, 0.2) is 0 Å². The third kappa shape index (κ3) is 4.58. The first kappa shape index (κ1) is 13.6. The third-order valence-electron chi connectivity index (χ3n) is 3.71. The van der Waals surface area contributed by atoms with Crippen LogP contribution in [0.1, 0.15) is 65.7 Å². The summed E-state index contributed by atoms with van der Waals surface area (Å²) in [5.74, 6) is 3.80. The highest BCUT2D eigenvalue weighted by molar-refractivity contribution is 5.08. The van der Waals surface area contributed by atoms with Crippen molar-refractivity contribution in [1.82, 2.24) is 5.32 Å². The summed E-state index contributed by atoms with van der Waals surface area (Å²) in [4.78, 5) is 0. The summed E-state index contributed by atoms with van der Waals surface area (Å²) < 4.78 is 0. The van der Waals surface area contributed by atoms with Crippen LogP contribution < -0.4 is 5.32 Å². The van der Waals surface area contributed by atoms with Crippen molar-refractivity contribution in [2.75, 3.05) is 0 Å². The second kappa shape index (κ2) is 6.30. The molecule has 2 unspecified atom stereocenters. The number of hydrogen-bond acceptors (Lipinski definition) is 1. The van der Waals surface area contributed by atoms with E-state index >= 15 is 0 Å². The zero-order valence-corrected chi connectivity index (χ0v) is 11.2. The number of nitrogens with one attached hydrogen (secondary N) is 1. The maximum atomic E-state index is 5.53. The molecule has 1 fully saturated rings.